The molecule has 0 N–H and O–H groups in total. The highest BCUT2D eigenvalue weighted by atomic mass is 35.5. The van der Waals surface area contributed by atoms with E-state index in [-0.39, 0.29) is 5.56 Å². The molecule has 0 saturated carbocycles. The molecule has 21 heavy (non-hydrogen) atoms. The van der Waals surface area contributed by atoms with Gasteiger partial charge in [-0.05, 0) is 36.4 Å². The van der Waals surface area contributed by atoms with Crippen molar-refractivity contribution in [1.82, 2.24) is 4.57 Å². The van der Waals surface area contributed by atoms with Crippen LogP contribution in [0.25, 0.3) is 16.5 Å². The fourth-order valence-corrected chi connectivity index (χ4v) is 2.44. The topological polar surface area (TPSA) is 31.2 Å². The van der Waals surface area contributed by atoms with Crippen LogP contribution < -0.4 is 10.3 Å². The van der Waals surface area contributed by atoms with Crippen LogP contribution in [-0.2, 0) is 0 Å². The summed E-state index contributed by atoms with van der Waals surface area (Å²) >= 11 is 5.96. The molecule has 0 bridgehead atoms. The molecule has 5 heteroatoms. The van der Waals surface area contributed by atoms with Crippen molar-refractivity contribution >= 4 is 22.4 Å². The van der Waals surface area contributed by atoms with E-state index in [1.54, 1.807) is 36.5 Å². The number of pyridine rings is 1. The van der Waals surface area contributed by atoms with Crippen LogP contribution in [0.5, 0.6) is 5.75 Å². The quantitative estimate of drug-likeness (QED) is 0.721. The molecule has 0 fully saturated rings. The smallest absolute Gasteiger partial charge is 0.263 e. The Morgan fingerprint density at radius 3 is 2.67 bits per heavy atom. The van der Waals surface area contributed by atoms with Crippen LogP contribution >= 0.6 is 11.6 Å². The van der Waals surface area contributed by atoms with Crippen LogP contribution in [0.15, 0.2) is 53.5 Å². The van der Waals surface area contributed by atoms with Gasteiger partial charge < -0.3 is 4.74 Å². The molecule has 2 aromatic carbocycles. The molecule has 3 rings (SSSR count). The number of benzene rings is 2. The molecule has 106 valence electrons. The van der Waals surface area contributed by atoms with E-state index in [1.165, 1.54) is 23.8 Å². The average Bonchev–Trinajstić information content (AvgIpc) is 2.48. The molecule has 0 aliphatic rings. The summed E-state index contributed by atoms with van der Waals surface area (Å²) in [6.45, 7) is 0. The molecule has 0 amide bonds. The largest absolute Gasteiger partial charge is 0.495 e. The van der Waals surface area contributed by atoms with Gasteiger partial charge in [0.1, 0.15) is 11.6 Å². The van der Waals surface area contributed by atoms with Gasteiger partial charge in [-0.2, -0.15) is 0 Å². The van der Waals surface area contributed by atoms with Crippen molar-refractivity contribution in [3.63, 3.8) is 0 Å². The first-order valence-corrected chi connectivity index (χ1v) is 6.63. The molecule has 3 aromatic rings. The number of ether oxygens (including phenoxy) is 1. The van der Waals surface area contributed by atoms with Gasteiger partial charge in [-0.15, -0.1) is 0 Å². The Kier molecular flexibility index (Phi) is 3.39. The number of halogens is 2. The van der Waals surface area contributed by atoms with Gasteiger partial charge in [0.15, 0.2) is 0 Å². The zero-order valence-electron chi connectivity index (χ0n) is 11.1. The maximum absolute atomic E-state index is 13.4. The molecular formula is C16H11ClFNO2. The summed E-state index contributed by atoms with van der Waals surface area (Å²) in [6, 6.07) is 10.8. The molecule has 0 aliphatic heterocycles. The molecule has 0 aliphatic carbocycles. The molecule has 0 atom stereocenters. The third-order valence-corrected chi connectivity index (χ3v) is 3.48. The van der Waals surface area contributed by atoms with Crippen molar-refractivity contribution in [1.29, 1.82) is 0 Å². The van der Waals surface area contributed by atoms with Crippen LogP contribution in [0, 0.1) is 5.82 Å². The van der Waals surface area contributed by atoms with E-state index in [2.05, 4.69) is 0 Å². The van der Waals surface area contributed by atoms with Gasteiger partial charge >= 0.3 is 0 Å². The molecule has 1 heterocycles. The second-order valence-electron chi connectivity index (χ2n) is 4.54. The zero-order valence-corrected chi connectivity index (χ0v) is 11.9. The first-order chi connectivity index (χ1) is 10.1. The van der Waals surface area contributed by atoms with Crippen LogP contribution in [0.3, 0.4) is 0 Å². The summed E-state index contributed by atoms with van der Waals surface area (Å²) in [5.74, 6) is 0.107. The fourth-order valence-electron chi connectivity index (χ4n) is 2.26. The van der Waals surface area contributed by atoms with Gasteiger partial charge in [0.2, 0.25) is 0 Å². The number of methoxy groups -OCH3 is 1. The zero-order chi connectivity index (χ0) is 15.0. The molecule has 1 aromatic heterocycles. The lowest BCUT2D eigenvalue weighted by Gasteiger charge is -2.11. The molecule has 0 saturated heterocycles. The van der Waals surface area contributed by atoms with E-state index in [4.69, 9.17) is 16.3 Å². The van der Waals surface area contributed by atoms with Crippen molar-refractivity contribution in [2.75, 3.05) is 7.11 Å². The third kappa shape index (κ3) is 2.38. The van der Waals surface area contributed by atoms with Gasteiger partial charge in [-0.3, -0.25) is 9.36 Å². The number of fused-ring (bicyclic) bond motifs is 1. The van der Waals surface area contributed by atoms with Crippen molar-refractivity contribution in [3.8, 4) is 11.4 Å². The van der Waals surface area contributed by atoms with Crippen LogP contribution in [0.1, 0.15) is 0 Å². The van der Waals surface area contributed by atoms with Crippen LogP contribution in [0.2, 0.25) is 5.02 Å². The van der Waals surface area contributed by atoms with E-state index in [1.807, 2.05) is 0 Å². The summed E-state index contributed by atoms with van der Waals surface area (Å²) in [5, 5.41) is 1.55. The van der Waals surface area contributed by atoms with Gasteiger partial charge in [0.05, 0.1) is 24.4 Å². The van der Waals surface area contributed by atoms with Gasteiger partial charge in [-0.1, -0.05) is 17.7 Å². The number of hydrogen-bond acceptors (Lipinski definition) is 2. The molecule has 0 unspecified atom stereocenters. The fraction of sp³-hybridized carbons (Fsp3) is 0.0625. The van der Waals surface area contributed by atoms with Crippen molar-refractivity contribution in [2.45, 2.75) is 0 Å². The number of nitrogens with zero attached hydrogens (tertiary/aromatic N) is 1. The highest BCUT2D eigenvalue weighted by Crippen LogP contribution is 2.26. The maximum atomic E-state index is 13.4. The molecule has 0 radical (unpaired) electrons. The van der Waals surface area contributed by atoms with Gasteiger partial charge in [-0.25, -0.2) is 4.39 Å². The lowest BCUT2D eigenvalue weighted by atomic mass is 10.1. The Morgan fingerprint density at radius 1 is 1.14 bits per heavy atom. The molecular weight excluding hydrogens is 293 g/mol. The van der Waals surface area contributed by atoms with Crippen molar-refractivity contribution < 1.29 is 9.13 Å². The second-order valence-corrected chi connectivity index (χ2v) is 4.98. The lowest BCUT2D eigenvalue weighted by molar-refractivity contribution is 0.416. The SMILES string of the molecule is COc1cn(-c2cccc(F)c2)c(=O)c2cc(Cl)ccc12. The minimum Gasteiger partial charge on any atom is -0.495 e. The van der Waals surface area contributed by atoms with E-state index in [9.17, 15) is 9.18 Å². The van der Waals surface area contributed by atoms with E-state index < -0.39 is 5.82 Å². The highest BCUT2D eigenvalue weighted by molar-refractivity contribution is 6.31. The summed E-state index contributed by atoms with van der Waals surface area (Å²) < 4.78 is 20.0. The second kappa shape index (κ2) is 5.22. The molecule has 0 spiro atoms. The van der Waals surface area contributed by atoms with Crippen LogP contribution in [-0.4, -0.2) is 11.7 Å². The predicted molar refractivity (Wildman–Crippen MR) is 81.1 cm³/mol. The normalized spacial score (nSPS) is 10.8. The summed E-state index contributed by atoms with van der Waals surface area (Å²) in [4.78, 5) is 12.6. The first kappa shape index (κ1) is 13.6. The monoisotopic (exact) mass is 303 g/mol. The summed E-state index contributed by atoms with van der Waals surface area (Å²) in [6.07, 6.45) is 1.55. The lowest BCUT2D eigenvalue weighted by Crippen LogP contribution is -2.18. The Balaban J connectivity index is 2.39. The van der Waals surface area contributed by atoms with Gasteiger partial charge in [0.25, 0.3) is 5.56 Å². The Bertz CT molecular complexity index is 889. The minimum atomic E-state index is -0.412. The van der Waals surface area contributed by atoms with E-state index in [0.717, 1.165) is 0 Å². The Labute approximate surface area is 125 Å². The van der Waals surface area contributed by atoms with Gasteiger partial charge in [0, 0.05) is 10.4 Å². The van der Waals surface area contributed by atoms with E-state index >= 15 is 0 Å². The van der Waals surface area contributed by atoms with Crippen molar-refractivity contribution in [2.24, 2.45) is 0 Å². The number of aromatic nitrogens is 1. The van der Waals surface area contributed by atoms with Crippen LogP contribution in [0.4, 0.5) is 4.39 Å². The predicted octanol–water partition coefficient (Wildman–Crippen LogP) is 3.79. The average molecular weight is 304 g/mol. The molecule has 3 nitrogen and oxygen atoms in total. The minimum absolute atomic E-state index is 0.279. The standard InChI is InChI=1S/C16H11ClFNO2/c1-21-15-9-19(12-4-2-3-11(18)8-12)16(20)14-7-10(17)5-6-13(14)15/h2-9H,1H3. The Hall–Kier alpha value is -2.33. The first-order valence-electron chi connectivity index (χ1n) is 6.25. The Morgan fingerprint density at radius 2 is 1.95 bits per heavy atom. The van der Waals surface area contributed by atoms with E-state index in [0.29, 0.717) is 27.2 Å². The number of rotatable bonds is 2. The highest BCUT2D eigenvalue weighted by Gasteiger charge is 2.11. The third-order valence-electron chi connectivity index (χ3n) is 3.25. The maximum Gasteiger partial charge on any atom is 0.263 e. The summed E-state index contributed by atoms with van der Waals surface area (Å²) in [7, 11) is 1.52. The number of hydrogen-bond donors (Lipinski definition) is 0. The summed E-state index contributed by atoms with van der Waals surface area (Å²) in [5.41, 5.74) is 0.152. The van der Waals surface area contributed by atoms with Crippen molar-refractivity contribution in [3.05, 3.63) is 69.9 Å².